The molecule has 0 atom stereocenters. The molecule has 1 aromatic heterocycles. The normalized spacial score (nSPS) is 13.1. The third-order valence-electron chi connectivity index (χ3n) is 12.7. The first kappa shape index (κ1) is 34.4. The van der Waals surface area contributed by atoms with E-state index in [0.29, 0.717) is 0 Å². The molecule has 9 aromatic carbocycles. The van der Waals surface area contributed by atoms with Gasteiger partial charge in [-0.2, -0.15) is 0 Å². The molecule has 2 aliphatic rings. The maximum Gasteiger partial charge on any atom is 0.143 e. The third kappa shape index (κ3) is 5.15. The van der Waals surface area contributed by atoms with Gasteiger partial charge >= 0.3 is 0 Å². The Morgan fingerprint density at radius 3 is 1.90 bits per heavy atom. The van der Waals surface area contributed by atoms with Gasteiger partial charge in [0.15, 0.2) is 0 Å². The molecule has 1 aliphatic carbocycles. The second-order valence-corrected chi connectivity index (χ2v) is 16.4. The van der Waals surface area contributed by atoms with Crippen molar-refractivity contribution in [2.45, 2.75) is 19.3 Å². The first-order valence-electron chi connectivity index (χ1n) is 20.7. The second-order valence-electron chi connectivity index (χ2n) is 16.4. The van der Waals surface area contributed by atoms with Gasteiger partial charge in [-0.05, 0) is 87.0 Å². The van der Waals surface area contributed by atoms with Crippen LogP contribution in [0.25, 0.3) is 77.6 Å². The molecule has 1 aliphatic heterocycles. The summed E-state index contributed by atoms with van der Waals surface area (Å²) in [5.74, 6) is 1.67. The van der Waals surface area contributed by atoms with Crippen molar-refractivity contribution in [3.05, 3.63) is 211 Å². The molecule has 0 amide bonds. The molecular weight excluding hydrogens is 731 g/mol. The monoisotopic (exact) mass is 769 g/mol. The van der Waals surface area contributed by atoms with E-state index in [-0.39, 0.29) is 5.41 Å². The number of anilines is 3. The van der Waals surface area contributed by atoms with E-state index in [1.54, 1.807) is 0 Å². The molecule has 0 fully saturated rings. The minimum Gasteiger partial charge on any atom is -0.455 e. The number of rotatable bonds is 5. The summed E-state index contributed by atoms with van der Waals surface area (Å²) in [7, 11) is 0. The Bertz CT molecular complexity index is 3320. The van der Waals surface area contributed by atoms with Crippen molar-refractivity contribution in [3.8, 4) is 67.1 Å². The molecule has 284 valence electrons. The lowest BCUT2D eigenvalue weighted by Crippen LogP contribution is -2.17. The standard InChI is InChI=1S/C57H39NO2/c1-57(2)49-25-10-8-18-43(49)44-34-33-39(35-50(44)57)58(38-31-29-37(30-32-38)41-22-13-24-48-45-19-9-11-27-52(45)59-56(41)48)51-26-14-28-53-54(51)46-20-7-6-17-42(46)47-23-12-21-40(55(47)60-53)36-15-4-3-5-16-36/h3-35H,1-2H3. The molecular formula is C57H39NO2. The molecule has 0 radical (unpaired) electrons. The molecule has 2 heterocycles. The minimum atomic E-state index is -0.165. The lowest BCUT2D eigenvalue weighted by atomic mass is 9.82. The Hall–Kier alpha value is -7.62. The third-order valence-corrected chi connectivity index (χ3v) is 12.7. The van der Waals surface area contributed by atoms with E-state index in [0.717, 1.165) is 95.0 Å². The summed E-state index contributed by atoms with van der Waals surface area (Å²) >= 11 is 0. The van der Waals surface area contributed by atoms with Crippen LogP contribution in [-0.2, 0) is 5.41 Å². The molecule has 3 heteroatoms. The highest BCUT2D eigenvalue weighted by Gasteiger charge is 2.36. The van der Waals surface area contributed by atoms with Crippen molar-refractivity contribution in [2.24, 2.45) is 0 Å². The Balaban J connectivity index is 1.07. The quantitative estimate of drug-likeness (QED) is 0.174. The van der Waals surface area contributed by atoms with Gasteiger partial charge in [-0.25, -0.2) is 0 Å². The Kier molecular flexibility index (Phi) is 7.58. The zero-order chi connectivity index (χ0) is 40.0. The van der Waals surface area contributed by atoms with Crippen LogP contribution in [0.3, 0.4) is 0 Å². The molecule has 3 nitrogen and oxygen atoms in total. The van der Waals surface area contributed by atoms with Crippen LogP contribution >= 0.6 is 0 Å². The largest absolute Gasteiger partial charge is 0.455 e. The molecule has 0 unspecified atom stereocenters. The van der Waals surface area contributed by atoms with Gasteiger partial charge in [0.25, 0.3) is 0 Å². The summed E-state index contributed by atoms with van der Waals surface area (Å²) in [6.45, 7) is 4.69. The van der Waals surface area contributed by atoms with E-state index in [9.17, 15) is 0 Å². The van der Waals surface area contributed by atoms with Gasteiger partial charge in [0.05, 0.1) is 5.69 Å². The van der Waals surface area contributed by atoms with Crippen LogP contribution in [0.2, 0.25) is 0 Å². The van der Waals surface area contributed by atoms with E-state index < -0.39 is 0 Å². The number of para-hydroxylation sites is 3. The van der Waals surface area contributed by atoms with Crippen molar-refractivity contribution < 1.29 is 9.15 Å². The number of hydrogen-bond acceptors (Lipinski definition) is 3. The summed E-state index contributed by atoms with van der Waals surface area (Å²) in [6, 6.07) is 71.7. The lowest BCUT2D eigenvalue weighted by molar-refractivity contribution is 0.489. The molecule has 60 heavy (non-hydrogen) atoms. The SMILES string of the molecule is CC1(C)c2ccccc2-c2ccc(N(c3ccc(-c4cccc5c4oc4ccccc45)cc3)c3cccc4c3-c3ccccc3-c3cccc(-c5ccccc5)c3O4)cc21. The number of fused-ring (bicyclic) bond motifs is 11. The first-order valence-corrected chi connectivity index (χ1v) is 20.7. The zero-order valence-electron chi connectivity index (χ0n) is 33.3. The first-order chi connectivity index (χ1) is 29.5. The van der Waals surface area contributed by atoms with Gasteiger partial charge < -0.3 is 14.1 Å². The summed E-state index contributed by atoms with van der Waals surface area (Å²) in [5, 5.41) is 2.25. The molecule has 0 spiro atoms. The fourth-order valence-corrected chi connectivity index (χ4v) is 9.83. The highest BCUT2D eigenvalue weighted by atomic mass is 16.5. The van der Waals surface area contributed by atoms with Crippen LogP contribution < -0.4 is 9.64 Å². The Morgan fingerprint density at radius 2 is 1.03 bits per heavy atom. The van der Waals surface area contributed by atoms with E-state index in [4.69, 9.17) is 9.15 Å². The molecule has 12 rings (SSSR count). The van der Waals surface area contributed by atoms with Gasteiger partial charge in [0.1, 0.15) is 22.7 Å². The summed E-state index contributed by atoms with van der Waals surface area (Å²) in [5.41, 5.74) is 18.8. The van der Waals surface area contributed by atoms with Gasteiger partial charge in [-0.1, -0.05) is 172 Å². The summed E-state index contributed by atoms with van der Waals surface area (Å²) in [4.78, 5) is 2.41. The van der Waals surface area contributed by atoms with Crippen molar-refractivity contribution in [1.82, 2.24) is 0 Å². The van der Waals surface area contributed by atoms with Crippen LogP contribution in [0.15, 0.2) is 205 Å². The molecule has 0 saturated heterocycles. The van der Waals surface area contributed by atoms with Gasteiger partial charge in [0.2, 0.25) is 0 Å². The number of furan rings is 1. The summed E-state index contributed by atoms with van der Waals surface area (Å²) < 4.78 is 13.7. The molecule has 0 N–H and O–H groups in total. The second kappa shape index (κ2) is 13.2. The number of ether oxygens (including phenoxy) is 1. The number of nitrogens with zero attached hydrogens (tertiary/aromatic N) is 1. The van der Waals surface area contributed by atoms with Gasteiger partial charge in [0, 0.05) is 49.8 Å². The molecule has 0 saturated carbocycles. The average molecular weight is 770 g/mol. The predicted octanol–water partition coefficient (Wildman–Crippen LogP) is 16.1. The van der Waals surface area contributed by atoms with E-state index >= 15 is 0 Å². The highest BCUT2D eigenvalue weighted by molar-refractivity contribution is 6.09. The van der Waals surface area contributed by atoms with E-state index in [2.05, 4.69) is 207 Å². The maximum atomic E-state index is 7.19. The fraction of sp³-hybridized carbons (Fsp3) is 0.0526. The Morgan fingerprint density at radius 1 is 0.417 bits per heavy atom. The van der Waals surface area contributed by atoms with Crippen molar-refractivity contribution in [3.63, 3.8) is 0 Å². The minimum absolute atomic E-state index is 0.165. The zero-order valence-corrected chi connectivity index (χ0v) is 33.3. The van der Waals surface area contributed by atoms with E-state index in [1.165, 1.54) is 22.3 Å². The average Bonchev–Trinajstić information content (AvgIpc) is 3.73. The number of benzene rings is 9. The van der Waals surface area contributed by atoms with E-state index in [1.807, 2.05) is 12.1 Å². The molecule has 0 bridgehead atoms. The van der Waals surface area contributed by atoms with Gasteiger partial charge in [-0.3, -0.25) is 0 Å². The lowest BCUT2D eigenvalue weighted by Gasteiger charge is -2.30. The predicted molar refractivity (Wildman–Crippen MR) is 248 cm³/mol. The van der Waals surface area contributed by atoms with Gasteiger partial charge in [-0.15, -0.1) is 0 Å². The van der Waals surface area contributed by atoms with Crippen LogP contribution in [0.5, 0.6) is 11.5 Å². The van der Waals surface area contributed by atoms with Crippen LogP contribution in [0.1, 0.15) is 25.0 Å². The summed E-state index contributed by atoms with van der Waals surface area (Å²) in [6.07, 6.45) is 0. The fourth-order valence-electron chi connectivity index (χ4n) is 9.83. The van der Waals surface area contributed by atoms with Crippen LogP contribution in [0.4, 0.5) is 17.1 Å². The van der Waals surface area contributed by atoms with Crippen LogP contribution in [0, 0.1) is 0 Å². The van der Waals surface area contributed by atoms with Crippen molar-refractivity contribution >= 4 is 39.0 Å². The smallest absolute Gasteiger partial charge is 0.143 e. The topological polar surface area (TPSA) is 25.6 Å². The van der Waals surface area contributed by atoms with Crippen molar-refractivity contribution in [1.29, 1.82) is 0 Å². The Labute approximate surface area is 349 Å². The highest BCUT2D eigenvalue weighted by Crippen LogP contribution is 2.56. The maximum absolute atomic E-state index is 7.19. The van der Waals surface area contributed by atoms with Crippen LogP contribution in [-0.4, -0.2) is 0 Å². The van der Waals surface area contributed by atoms with Crippen molar-refractivity contribution in [2.75, 3.05) is 4.90 Å². The molecule has 10 aromatic rings. The number of hydrogen-bond donors (Lipinski definition) is 0.